The number of aryl methyl sites for hydroxylation is 2. The maximum Gasteiger partial charge on any atom is 0.339 e. The molecular weight excluding hydrogens is 392 g/mol. The van der Waals surface area contributed by atoms with E-state index >= 15 is 0 Å². The Kier molecular flexibility index (Phi) is 5.46. The number of benzene rings is 2. The van der Waals surface area contributed by atoms with Crippen molar-refractivity contribution in [1.82, 2.24) is 10.3 Å². The summed E-state index contributed by atoms with van der Waals surface area (Å²) < 4.78 is 11.3. The summed E-state index contributed by atoms with van der Waals surface area (Å²) in [4.78, 5) is 29.4. The summed E-state index contributed by atoms with van der Waals surface area (Å²) in [7, 11) is 0. The number of esters is 1. The van der Waals surface area contributed by atoms with Gasteiger partial charge in [0.15, 0.2) is 5.60 Å². The summed E-state index contributed by atoms with van der Waals surface area (Å²) in [5, 5.41) is 2.85. The van der Waals surface area contributed by atoms with Crippen molar-refractivity contribution in [2.45, 2.75) is 39.3 Å². The summed E-state index contributed by atoms with van der Waals surface area (Å²) >= 11 is 0. The number of carbonyl (C=O) groups is 2. The fraction of sp³-hybridized carbons (Fsp3) is 0.240. The minimum Gasteiger partial charge on any atom is -0.445 e. The Labute approximate surface area is 181 Å². The van der Waals surface area contributed by atoms with Gasteiger partial charge in [-0.25, -0.2) is 9.78 Å². The van der Waals surface area contributed by atoms with Gasteiger partial charge in [-0.05, 0) is 55.2 Å². The third-order valence-corrected chi connectivity index (χ3v) is 5.37. The van der Waals surface area contributed by atoms with Gasteiger partial charge in [0.1, 0.15) is 5.75 Å². The third-order valence-electron chi connectivity index (χ3n) is 5.37. The van der Waals surface area contributed by atoms with Crippen molar-refractivity contribution in [2.75, 3.05) is 0 Å². The Balaban J connectivity index is 1.39. The highest BCUT2D eigenvalue weighted by Gasteiger charge is 2.42. The third kappa shape index (κ3) is 4.43. The molecule has 0 fully saturated rings. The van der Waals surface area contributed by atoms with Crippen LogP contribution in [0.25, 0.3) is 0 Å². The summed E-state index contributed by atoms with van der Waals surface area (Å²) in [6, 6.07) is 16.8. The first-order valence-electron chi connectivity index (χ1n) is 10.1. The Bertz CT molecular complexity index is 1140. The van der Waals surface area contributed by atoms with Crippen LogP contribution in [0.2, 0.25) is 0 Å². The standard InChI is InChI=1S/C25H24N2O4/c1-16-8-9-17(2)21(12-16)30-22-11-10-18(14-26-22)15-27-24(29)25(3)13-19-6-4-5-7-20(19)23(28)31-25/h4-12,14H,13,15H2,1-3H3,(H,27,29). The molecule has 6 heteroatoms. The van der Waals surface area contributed by atoms with Crippen molar-refractivity contribution >= 4 is 11.9 Å². The van der Waals surface area contributed by atoms with Gasteiger partial charge in [-0.2, -0.15) is 0 Å². The lowest BCUT2D eigenvalue weighted by Crippen LogP contribution is -2.51. The van der Waals surface area contributed by atoms with Crippen LogP contribution in [-0.4, -0.2) is 22.5 Å². The zero-order valence-electron chi connectivity index (χ0n) is 17.8. The van der Waals surface area contributed by atoms with Crippen LogP contribution in [0.5, 0.6) is 11.6 Å². The zero-order valence-corrected chi connectivity index (χ0v) is 17.8. The number of rotatable bonds is 5. The highest BCUT2D eigenvalue weighted by molar-refractivity contribution is 5.97. The number of fused-ring (bicyclic) bond motifs is 1. The Morgan fingerprint density at radius 3 is 2.74 bits per heavy atom. The summed E-state index contributed by atoms with van der Waals surface area (Å²) in [5.41, 5.74) is 3.03. The van der Waals surface area contributed by atoms with E-state index in [0.29, 0.717) is 17.9 Å². The number of cyclic esters (lactones) is 1. The maximum atomic E-state index is 12.8. The molecule has 2 aromatic carbocycles. The monoisotopic (exact) mass is 416 g/mol. The number of ether oxygens (including phenoxy) is 2. The Morgan fingerprint density at radius 1 is 1.16 bits per heavy atom. The predicted molar refractivity (Wildman–Crippen MR) is 116 cm³/mol. The van der Waals surface area contributed by atoms with Crippen LogP contribution in [0.1, 0.15) is 39.5 Å². The van der Waals surface area contributed by atoms with Crippen molar-refractivity contribution < 1.29 is 19.1 Å². The van der Waals surface area contributed by atoms with E-state index in [9.17, 15) is 9.59 Å². The van der Waals surface area contributed by atoms with E-state index in [-0.39, 0.29) is 12.5 Å². The van der Waals surface area contributed by atoms with Gasteiger partial charge in [0.2, 0.25) is 5.88 Å². The quantitative estimate of drug-likeness (QED) is 0.628. The van der Waals surface area contributed by atoms with Crippen LogP contribution in [-0.2, 0) is 22.5 Å². The molecule has 1 aliphatic rings. The van der Waals surface area contributed by atoms with Crippen molar-refractivity contribution in [3.63, 3.8) is 0 Å². The lowest BCUT2D eigenvalue weighted by Gasteiger charge is -2.33. The second-order valence-electron chi connectivity index (χ2n) is 8.01. The number of nitrogens with zero attached hydrogens (tertiary/aromatic N) is 1. The van der Waals surface area contributed by atoms with E-state index in [0.717, 1.165) is 28.0 Å². The molecule has 31 heavy (non-hydrogen) atoms. The fourth-order valence-corrected chi connectivity index (χ4v) is 3.53. The van der Waals surface area contributed by atoms with Crippen LogP contribution in [0.3, 0.4) is 0 Å². The van der Waals surface area contributed by atoms with E-state index in [1.807, 2.05) is 50.2 Å². The first-order valence-corrected chi connectivity index (χ1v) is 10.1. The summed E-state index contributed by atoms with van der Waals surface area (Å²) in [5.74, 6) is 0.426. The minimum absolute atomic E-state index is 0.268. The number of amides is 1. The maximum absolute atomic E-state index is 12.8. The van der Waals surface area contributed by atoms with Crippen LogP contribution >= 0.6 is 0 Å². The molecule has 1 aromatic heterocycles. The van der Waals surface area contributed by atoms with Gasteiger partial charge in [0, 0.05) is 25.2 Å². The highest BCUT2D eigenvalue weighted by atomic mass is 16.6. The molecule has 1 unspecified atom stereocenters. The molecule has 1 amide bonds. The van der Waals surface area contributed by atoms with Crippen LogP contribution in [0.15, 0.2) is 60.8 Å². The number of aromatic nitrogens is 1. The molecule has 6 nitrogen and oxygen atoms in total. The Morgan fingerprint density at radius 2 is 1.97 bits per heavy atom. The predicted octanol–water partition coefficient (Wildman–Crippen LogP) is 4.28. The average molecular weight is 416 g/mol. The van der Waals surface area contributed by atoms with Gasteiger partial charge in [0.05, 0.1) is 5.56 Å². The highest BCUT2D eigenvalue weighted by Crippen LogP contribution is 2.28. The molecule has 2 heterocycles. The zero-order chi connectivity index (χ0) is 22.0. The van der Waals surface area contributed by atoms with Crippen molar-refractivity contribution in [3.8, 4) is 11.6 Å². The van der Waals surface area contributed by atoms with Crippen LogP contribution in [0.4, 0.5) is 0 Å². The van der Waals surface area contributed by atoms with E-state index in [1.54, 1.807) is 31.3 Å². The minimum atomic E-state index is -1.25. The molecule has 3 aromatic rings. The molecule has 0 aliphatic carbocycles. The molecule has 0 saturated carbocycles. The van der Waals surface area contributed by atoms with Crippen molar-refractivity contribution in [1.29, 1.82) is 0 Å². The molecule has 1 atom stereocenters. The van der Waals surface area contributed by atoms with Gasteiger partial charge in [-0.3, -0.25) is 4.79 Å². The molecule has 0 bridgehead atoms. The second kappa shape index (κ2) is 8.22. The molecule has 1 N–H and O–H groups in total. The van der Waals surface area contributed by atoms with Gasteiger partial charge < -0.3 is 14.8 Å². The topological polar surface area (TPSA) is 77.5 Å². The average Bonchev–Trinajstić information content (AvgIpc) is 2.75. The number of pyridine rings is 1. The first kappa shape index (κ1) is 20.6. The number of carbonyl (C=O) groups excluding carboxylic acids is 2. The molecular formula is C25H24N2O4. The molecule has 0 radical (unpaired) electrons. The number of nitrogens with one attached hydrogen (secondary N) is 1. The lowest BCUT2D eigenvalue weighted by atomic mass is 9.89. The molecule has 0 spiro atoms. The molecule has 1 aliphatic heterocycles. The number of hydrogen-bond acceptors (Lipinski definition) is 5. The fourth-order valence-electron chi connectivity index (χ4n) is 3.53. The van der Waals surface area contributed by atoms with E-state index < -0.39 is 11.6 Å². The van der Waals surface area contributed by atoms with E-state index in [1.165, 1.54) is 0 Å². The molecule has 4 rings (SSSR count). The Hall–Kier alpha value is -3.67. The number of hydrogen-bond donors (Lipinski definition) is 1. The normalized spacial score (nSPS) is 17.5. The van der Waals surface area contributed by atoms with Gasteiger partial charge in [-0.1, -0.05) is 36.4 Å². The smallest absolute Gasteiger partial charge is 0.339 e. The van der Waals surface area contributed by atoms with Crippen molar-refractivity contribution in [3.05, 3.63) is 88.6 Å². The first-order chi connectivity index (χ1) is 14.8. The summed E-state index contributed by atoms with van der Waals surface area (Å²) in [6.45, 7) is 5.89. The van der Waals surface area contributed by atoms with Gasteiger partial charge >= 0.3 is 5.97 Å². The molecule has 158 valence electrons. The van der Waals surface area contributed by atoms with Gasteiger partial charge in [0.25, 0.3) is 5.91 Å². The van der Waals surface area contributed by atoms with E-state index in [4.69, 9.17) is 9.47 Å². The second-order valence-corrected chi connectivity index (χ2v) is 8.01. The molecule has 0 saturated heterocycles. The van der Waals surface area contributed by atoms with Crippen LogP contribution < -0.4 is 10.1 Å². The van der Waals surface area contributed by atoms with Crippen LogP contribution in [0, 0.1) is 13.8 Å². The summed E-state index contributed by atoms with van der Waals surface area (Å²) in [6.07, 6.45) is 1.99. The van der Waals surface area contributed by atoms with Crippen molar-refractivity contribution in [2.24, 2.45) is 0 Å². The van der Waals surface area contributed by atoms with E-state index in [2.05, 4.69) is 10.3 Å². The lowest BCUT2D eigenvalue weighted by molar-refractivity contribution is -0.139. The largest absolute Gasteiger partial charge is 0.445 e. The van der Waals surface area contributed by atoms with Gasteiger partial charge in [-0.15, -0.1) is 0 Å². The SMILES string of the molecule is Cc1ccc(C)c(Oc2ccc(CNC(=O)C3(C)Cc4ccccc4C(=O)O3)cn2)c1.